The molecule has 0 saturated carbocycles. The van der Waals surface area contributed by atoms with Crippen LogP contribution in [0.2, 0.25) is 0 Å². The Morgan fingerprint density at radius 3 is 1.93 bits per heavy atom. The van der Waals surface area contributed by atoms with E-state index in [4.69, 9.17) is 14.2 Å². The van der Waals surface area contributed by atoms with E-state index in [0.717, 1.165) is 51.4 Å². The lowest BCUT2D eigenvalue weighted by molar-refractivity contribution is -0.150. The van der Waals surface area contributed by atoms with Crippen molar-refractivity contribution in [1.29, 1.82) is 0 Å². The van der Waals surface area contributed by atoms with Gasteiger partial charge >= 0.3 is 11.9 Å². The molecule has 2 atom stereocenters. The fourth-order valence-corrected chi connectivity index (χ4v) is 3.47. The topological polar surface area (TPSA) is 61.8 Å². The molecule has 172 valence electrons. The van der Waals surface area contributed by atoms with Crippen LogP contribution in [0.3, 0.4) is 0 Å². The van der Waals surface area contributed by atoms with Crippen LogP contribution in [0.1, 0.15) is 111 Å². The third-order valence-electron chi connectivity index (χ3n) is 4.95. The maximum atomic E-state index is 12.2. The molecule has 0 aromatic rings. The van der Waals surface area contributed by atoms with Gasteiger partial charge < -0.3 is 14.2 Å². The van der Waals surface area contributed by atoms with Crippen LogP contribution in [0.15, 0.2) is 0 Å². The number of ether oxygens (including phenoxy) is 3. The molecule has 0 saturated heterocycles. The summed E-state index contributed by atoms with van der Waals surface area (Å²) in [6, 6.07) is 0. The first-order valence-corrected chi connectivity index (χ1v) is 11.8. The summed E-state index contributed by atoms with van der Waals surface area (Å²) >= 11 is 0. The first kappa shape index (κ1) is 27.9. The number of hydrogen-bond donors (Lipinski definition) is 0. The van der Waals surface area contributed by atoms with Crippen molar-refractivity contribution in [2.24, 2.45) is 5.92 Å². The van der Waals surface area contributed by atoms with Gasteiger partial charge in [-0.25, -0.2) is 0 Å². The molecule has 2 unspecified atom stereocenters. The first-order valence-electron chi connectivity index (χ1n) is 11.8. The standard InChI is InChI=1S/C24H46O5/c1-6-7-8-10-14-22(15-13-18-27-5)29-24(26)17-12-9-11-16-23(25)28-21(4)19-20(2)3/h20-22H,6-19H2,1-5H3. The lowest BCUT2D eigenvalue weighted by Crippen LogP contribution is -2.19. The van der Waals surface area contributed by atoms with Crippen LogP contribution in [0.4, 0.5) is 0 Å². The van der Waals surface area contributed by atoms with Gasteiger partial charge in [0.05, 0.1) is 6.10 Å². The van der Waals surface area contributed by atoms with Crippen molar-refractivity contribution in [3.05, 3.63) is 0 Å². The monoisotopic (exact) mass is 414 g/mol. The van der Waals surface area contributed by atoms with E-state index in [0.29, 0.717) is 25.4 Å². The van der Waals surface area contributed by atoms with E-state index in [1.54, 1.807) is 7.11 Å². The highest BCUT2D eigenvalue weighted by atomic mass is 16.5. The van der Waals surface area contributed by atoms with Crippen LogP contribution in [0, 0.1) is 5.92 Å². The molecule has 0 aromatic heterocycles. The van der Waals surface area contributed by atoms with Gasteiger partial charge in [0.25, 0.3) is 0 Å². The van der Waals surface area contributed by atoms with Gasteiger partial charge in [-0.2, -0.15) is 0 Å². The summed E-state index contributed by atoms with van der Waals surface area (Å²) in [7, 11) is 1.70. The van der Waals surface area contributed by atoms with Crippen LogP contribution in [0.25, 0.3) is 0 Å². The second-order valence-corrected chi connectivity index (χ2v) is 8.59. The molecule has 0 aliphatic heterocycles. The molecule has 0 N–H and O–H groups in total. The van der Waals surface area contributed by atoms with Crippen molar-refractivity contribution in [2.45, 2.75) is 123 Å². The molecule has 0 aromatic carbocycles. The van der Waals surface area contributed by atoms with Gasteiger partial charge in [-0.1, -0.05) is 46.5 Å². The smallest absolute Gasteiger partial charge is 0.306 e. The number of unbranched alkanes of at least 4 members (excludes halogenated alkanes) is 5. The third-order valence-corrected chi connectivity index (χ3v) is 4.95. The normalized spacial score (nSPS) is 13.3. The Balaban J connectivity index is 3.96. The largest absolute Gasteiger partial charge is 0.463 e. The van der Waals surface area contributed by atoms with Crippen LogP contribution in [-0.4, -0.2) is 37.9 Å². The lowest BCUT2D eigenvalue weighted by Gasteiger charge is -2.18. The summed E-state index contributed by atoms with van der Waals surface area (Å²) < 4.78 is 16.2. The van der Waals surface area contributed by atoms with Gasteiger partial charge in [-0.05, 0) is 57.8 Å². The summed E-state index contributed by atoms with van der Waals surface area (Å²) in [4.78, 5) is 24.0. The number of carbonyl (C=O) groups is 2. The zero-order valence-corrected chi connectivity index (χ0v) is 19.7. The highest BCUT2D eigenvalue weighted by Gasteiger charge is 2.15. The summed E-state index contributed by atoms with van der Waals surface area (Å²) in [6.45, 7) is 9.09. The molecule has 29 heavy (non-hydrogen) atoms. The molecule has 0 heterocycles. The molecule has 0 bridgehead atoms. The second kappa shape index (κ2) is 18.9. The van der Waals surface area contributed by atoms with Crippen molar-refractivity contribution in [3.8, 4) is 0 Å². The van der Waals surface area contributed by atoms with E-state index in [1.807, 2.05) is 6.92 Å². The fourth-order valence-electron chi connectivity index (χ4n) is 3.47. The van der Waals surface area contributed by atoms with Crippen molar-refractivity contribution in [2.75, 3.05) is 13.7 Å². The predicted molar refractivity (Wildman–Crippen MR) is 118 cm³/mol. The minimum absolute atomic E-state index is 0.00642. The molecule has 0 amide bonds. The highest BCUT2D eigenvalue weighted by molar-refractivity contribution is 5.70. The molecule has 5 nitrogen and oxygen atoms in total. The Labute approximate surface area is 179 Å². The lowest BCUT2D eigenvalue weighted by atomic mass is 10.1. The average Bonchev–Trinajstić information content (AvgIpc) is 2.64. The average molecular weight is 415 g/mol. The quantitative estimate of drug-likeness (QED) is 0.185. The number of carbonyl (C=O) groups excluding carboxylic acids is 2. The van der Waals surface area contributed by atoms with Crippen molar-refractivity contribution in [1.82, 2.24) is 0 Å². The Morgan fingerprint density at radius 1 is 0.759 bits per heavy atom. The second-order valence-electron chi connectivity index (χ2n) is 8.59. The number of hydrogen-bond acceptors (Lipinski definition) is 5. The van der Waals surface area contributed by atoms with Crippen LogP contribution in [-0.2, 0) is 23.8 Å². The molecular weight excluding hydrogens is 368 g/mol. The van der Waals surface area contributed by atoms with Crippen LogP contribution in [0.5, 0.6) is 0 Å². The Bertz CT molecular complexity index is 408. The van der Waals surface area contributed by atoms with Gasteiger partial charge in [-0.15, -0.1) is 0 Å². The number of rotatable bonds is 19. The molecule has 0 fully saturated rings. The SMILES string of the molecule is CCCCCCC(CCCOC)OC(=O)CCCCCC(=O)OC(C)CC(C)C. The van der Waals surface area contributed by atoms with Gasteiger partial charge in [0, 0.05) is 26.6 Å². The van der Waals surface area contributed by atoms with E-state index in [-0.39, 0.29) is 24.1 Å². The maximum absolute atomic E-state index is 12.2. The van der Waals surface area contributed by atoms with E-state index in [2.05, 4.69) is 20.8 Å². The van der Waals surface area contributed by atoms with Crippen molar-refractivity contribution in [3.63, 3.8) is 0 Å². The van der Waals surface area contributed by atoms with Crippen molar-refractivity contribution >= 4 is 11.9 Å². The molecule has 0 aliphatic rings. The summed E-state index contributed by atoms with van der Waals surface area (Å²) in [5.41, 5.74) is 0. The summed E-state index contributed by atoms with van der Waals surface area (Å²) in [5, 5.41) is 0. The predicted octanol–water partition coefficient (Wildman–Crippen LogP) is 6.22. The van der Waals surface area contributed by atoms with Crippen LogP contribution >= 0.6 is 0 Å². The molecule has 0 rings (SSSR count). The fraction of sp³-hybridized carbons (Fsp3) is 0.917. The third kappa shape index (κ3) is 18.7. The molecule has 0 radical (unpaired) electrons. The summed E-state index contributed by atoms with van der Waals surface area (Å²) in [6.07, 6.45) is 11.5. The van der Waals surface area contributed by atoms with Gasteiger partial charge in [0.1, 0.15) is 6.10 Å². The Hall–Kier alpha value is -1.10. The van der Waals surface area contributed by atoms with Crippen LogP contribution < -0.4 is 0 Å². The van der Waals surface area contributed by atoms with Gasteiger partial charge in [-0.3, -0.25) is 9.59 Å². The Kier molecular flexibility index (Phi) is 18.2. The molecule has 5 heteroatoms. The van der Waals surface area contributed by atoms with Crippen molar-refractivity contribution < 1.29 is 23.8 Å². The first-order chi connectivity index (χ1) is 13.9. The van der Waals surface area contributed by atoms with E-state index >= 15 is 0 Å². The zero-order valence-electron chi connectivity index (χ0n) is 19.7. The van der Waals surface area contributed by atoms with E-state index in [1.165, 1.54) is 19.3 Å². The van der Waals surface area contributed by atoms with E-state index < -0.39 is 0 Å². The minimum Gasteiger partial charge on any atom is -0.463 e. The highest BCUT2D eigenvalue weighted by Crippen LogP contribution is 2.15. The number of methoxy groups -OCH3 is 1. The minimum atomic E-state index is -0.133. The summed E-state index contributed by atoms with van der Waals surface area (Å²) in [5.74, 6) is 0.274. The zero-order chi connectivity index (χ0) is 21.9. The Morgan fingerprint density at radius 2 is 1.34 bits per heavy atom. The van der Waals surface area contributed by atoms with Gasteiger partial charge in [0.15, 0.2) is 0 Å². The van der Waals surface area contributed by atoms with Gasteiger partial charge in [0.2, 0.25) is 0 Å². The van der Waals surface area contributed by atoms with E-state index in [9.17, 15) is 9.59 Å². The molecule has 0 aliphatic carbocycles. The maximum Gasteiger partial charge on any atom is 0.306 e. The number of esters is 2. The molecule has 0 spiro atoms. The molecular formula is C24H46O5.